The molecule has 1 aromatic carbocycles. The van der Waals surface area contributed by atoms with Gasteiger partial charge in [0.1, 0.15) is 0 Å². The molecule has 0 aliphatic heterocycles. The summed E-state index contributed by atoms with van der Waals surface area (Å²) >= 11 is 1.42. The van der Waals surface area contributed by atoms with Crippen molar-refractivity contribution in [3.05, 3.63) is 72.1 Å². The SMILES string of the molecule is CC(=O)SCCC(C=Cc1ccccc1)CCc1cccnc1. The predicted molar refractivity (Wildman–Crippen MR) is 99.3 cm³/mol. The lowest BCUT2D eigenvalue weighted by Gasteiger charge is -2.12. The van der Waals surface area contributed by atoms with E-state index in [2.05, 4.69) is 47.5 Å². The molecule has 0 saturated carbocycles. The van der Waals surface area contributed by atoms with Crippen molar-refractivity contribution in [2.24, 2.45) is 5.92 Å². The van der Waals surface area contributed by atoms with Gasteiger partial charge in [-0.15, -0.1) is 0 Å². The van der Waals surface area contributed by atoms with Gasteiger partial charge in [0.2, 0.25) is 0 Å². The van der Waals surface area contributed by atoms with Crippen LogP contribution in [-0.2, 0) is 11.2 Å². The van der Waals surface area contributed by atoms with Crippen molar-refractivity contribution in [2.45, 2.75) is 26.2 Å². The monoisotopic (exact) mass is 325 g/mol. The minimum atomic E-state index is 0.197. The van der Waals surface area contributed by atoms with E-state index in [0.29, 0.717) is 5.92 Å². The van der Waals surface area contributed by atoms with E-state index < -0.39 is 0 Å². The van der Waals surface area contributed by atoms with Crippen molar-refractivity contribution < 1.29 is 4.79 Å². The second-order valence-corrected chi connectivity index (χ2v) is 6.83. The molecule has 0 bridgehead atoms. The van der Waals surface area contributed by atoms with Gasteiger partial charge in [-0.3, -0.25) is 9.78 Å². The Kier molecular flexibility index (Phi) is 7.61. The van der Waals surface area contributed by atoms with E-state index >= 15 is 0 Å². The number of thioether (sulfide) groups is 1. The maximum absolute atomic E-state index is 11.1. The van der Waals surface area contributed by atoms with E-state index in [1.165, 1.54) is 22.9 Å². The van der Waals surface area contributed by atoms with Crippen LogP contribution in [0.5, 0.6) is 0 Å². The Labute approximate surface area is 143 Å². The van der Waals surface area contributed by atoms with Gasteiger partial charge in [-0.1, -0.05) is 60.3 Å². The smallest absolute Gasteiger partial charge is 0.185 e. The quantitative estimate of drug-likeness (QED) is 0.683. The summed E-state index contributed by atoms with van der Waals surface area (Å²) < 4.78 is 0. The number of aromatic nitrogens is 1. The van der Waals surface area contributed by atoms with Gasteiger partial charge in [-0.05, 0) is 42.4 Å². The van der Waals surface area contributed by atoms with Gasteiger partial charge in [0.25, 0.3) is 0 Å². The summed E-state index contributed by atoms with van der Waals surface area (Å²) in [6.07, 6.45) is 11.3. The Hall–Kier alpha value is -1.87. The molecule has 0 amide bonds. The number of allylic oxidation sites excluding steroid dienone is 1. The summed E-state index contributed by atoms with van der Waals surface area (Å²) in [6.45, 7) is 1.63. The Balaban J connectivity index is 1.93. The molecule has 1 aromatic heterocycles. The molecule has 0 aliphatic carbocycles. The Morgan fingerprint density at radius 2 is 2.00 bits per heavy atom. The fraction of sp³-hybridized carbons (Fsp3) is 0.300. The predicted octanol–water partition coefficient (Wildman–Crippen LogP) is 5.01. The molecule has 1 atom stereocenters. The molecule has 1 heterocycles. The highest BCUT2D eigenvalue weighted by Gasteiger charge is 2.07. The number of carbonyl (C=O) groups is 1. The van der Waals surface area contributed by atoms with Gasteiger partial charge in [0.05, 0.1) is 0 Å². The number of hydrogen-bond acceptors (Lipinski definition) is 3. The summed E-state index contributed by atoms with van der Waals surface area (Å²) in [5.41, 5.74) is 2.49. The van der Waals surface area contributed by atoms with Crippen LogP contribution in [0, 0.1) is 5.92 Å². The number of nitrogens with zero attached hydrogens (tertiary/aromatic N) is 1. The van der Waals surface area contributed by atoms with Gasteiger partial charge in [-0.2, -0.15) is 0 Å². The molecule has 2 rings (SSSR count). The Morgan fingerprint density at radius 1 is 1.17 bits per heavy atom. The van der Waals surface area contributed by atoms with E-state index in [-0.39, 0.29) is 5.12 Å². The molecule has 0 radical (unpaired) electrons. The molecular formula is C20H23NOS. The van der Waals surface area contributed by atoms with Gasteiger partial charge in [0, 0.05) is 25.1 Å². The second-order valence-electron chi connectivity index (χ2n) is 5.56. The number of aryl methyl sites for hydroxylation is 1. The average molecular weight is 325 g/mol. The van der Waals surface area contributed by atoms with Crippen LogP contribution in [0.1, 0.15) is 30.9 Å². The average Bonchev–Trinajstić information content (AvgIpc) is 2.58. The Bertz CT molecular complexity index is 610. The van der Waals surface area contributed by atoms with E-state index in [1.807, 2.05) is 18.3 Å². The molecule has 0 N–H and O–H groups in total. The van der Waals surface area contributed by atoms with Crippen molar-refractivity contribution in [3.8, 4) is 0 Å². The van der Waals surface area contributed by atoms with Crippen molar-refractivity contribution >= 4 is 23.0 Å². The van der Waals surface area contributed by atoms with Gasteiger partial charge >= 0.3 is 0 Å². The van der Waals surface area contributed by atoms with E-state index in [0.717, 1.165) is 25.0 Å². The number of benzene rings is 1. The zero-order chi connectivity index (χ0) is 16.3. The lowest BCUT2D eigenvalue weighted by atomic mass is 9.96. The first kappa shape index (κ1) is 17.5. The van der Waals surface area contributed by atoms with Gasteiger partial charge in [0.15, 0.2) is 5.12 Å². The standard InChI is InChI=1S/C20H23NOS/c1-17(22)23-15-13-19(10-9-18-6-3-2-4-7-18)11-12-20-8-5-14-21-16-20/h2-10,14,16,19H,11-13,15H2,1H3. The van der Waals surface area contributed by atoms with Crippen molar-refractivity contribution in [1.29, 1.82) is 0 Å². The van der Waals surface area contributed by atoms with Crippen LogP contribution in [0.15, 0.2) is 60.9 Å². The molecule has 2 nitrogen and oxygen atoms in total. The van der Waals surface area contributed by atoms with Crippen LogP contribution < -0.4 is 0 Å². The van der Waals surface area contributed by atoms with Crippen LogP contribution in [-0.4, -0.2) is 15.9 Å². The molecule has 120 valence electrons. The number of hydrogen-bond donors (Lipinski definition) is 0. The molecule has 2 aromatic rings. The van der Waals surface area contributed by atoms with Gasteiger partial charge in [-0.25, -0.2) is 0 Å². The Morgan fingerprint density at radius 3 is 2.70 bits per heavy atom. The van der Waals surface area contributed by atoms with Crippen LogP contribution in [0.2, 0.25) is 0 Å². The molecule has 0 fully saturated rings. The third-order valence-electron chi connectivity index (χ3n) is 3.68. The molecule has 0 saturated heterocycles. The summed E-state index contributed by atoms with van der Waals surface area (Å²) in [5, 5.41) is 0.197. The highest BCUT2D eigenvalue weighted by Crippen LogP contribution is 2.19. The van der Waals surface area contributed by atoms with E-state index in [1.54, 1.807) is 13.1 Å². The first-order valence-electron chi connectivity index (χ1n) is 7.99. The summed E-state index contributed by atoms with van der Waals surface area (Å²) in [7, 11) is 0. The molecule has 3 heteroatoms. The maximum Gasteiger partial charge on any atom is 0.185 e. The highest BCUT2D eigenvalue weighted by atomic mass is 32.2. The first-order valence-corrected chi connectivity index (χ1v) is 8.98. The summed E-state index contributed by atoms with van der Waals surface area (Å²) in [4.78, 5) is 15.3. The van der Waals surface area contributed by atoms with Crippen molar-refractivity contribution in [2.75, 3.05) is 5.75 Å². The third kappa shape index (κ3) is 7.29. The maximum atomic E-state index is 11.1. The van der Waals surface area contributed by atoms with Crippen LogP contribution in [0.3, 0.4) is 0 Å². The fourth-order valence-electron chi connectivity index (χ4n) is 2.40. The number of rotatable bonds is 8. The molecule has 0 aliphatic rings. The minimum absolute atomic E-state index is 0.197. The number of pyridine rings is 1. The lowest BCUT2D eigenvalue weighted by Crippen LogP contribution is -2.02. The topological polar surface area (TPSA) is 30.0 Å². The first-order chi connectivity index (χ1) is 11.2. The zero-order valence-electron chi connectivity index (χ0n) is 13.5. The lowest BCUT2D eigenvalue weighted by molar-refractivity contribution is -0.109. The normalized spacial score (nSPS) is 12.4. The van der Waals surface area contributed by atoms with Crippen molar-refractivity contribution in [3.63, 3.8) is 0 Å². The number of carbonyl (C=O) groups excluding carboxylic acids is 1. The molecule has 1 unspecified atom stereocenters. The molecular weight excluding hydrogens is 302 g/mol. The van der Waals surface area contributed by atoms with E-state index in [9.17, 15) is 4.79 Å². The molecule has 0 spiro atoms. The highest BCUT2D eigenvalue weighted by molar-refractivity contribution is 8.13. The van der Waals surface area contributed by atoms with Gasteiger partial charge < -0.3 is 0 Å². The summed E-state index contributed by atoms with van der Waals surface area (Å²) in [5.74, 6) is 1.36. The van der Waals surface area contributed by atoms with Crippen LogP contribution in [0.25, 0.3) is 6.08 Å². The third-order valence-corrected chi connectivity index (χ3v) is 4.53. The zero-order valence-corrected chi connectivity index (χ0v) is 14.3. The summed E-state index contributed by atoms with van der Waals surface area (Å²) in [6, 6.07) is 14.5. The largest absolute Gasteiger partial charge is 0.288 e. The van der Waals surface area contributed by atoms with E-state index in [4.69, 9.17) is 0 Å². The minimum Gasteiger partial charge on any atom is -0.288 e. The van der Waals surface area contributed by atoms with Crippen molar-refractivity contribution in [1.82, 2.24) is 4.98 Å². The molecule has 23 heavy (non-hydrogen) atoms. The van der Waals surface area contributed by atoms with Crippen LogP contribution >= 0.6 is 11.8 Å². The second kappa shape index (κ2) is 10.0. The fourth-order valence-corrected chi connectivity index (χ4v) is 3.11. The van der Waals surface area contributed by atoms with Crippen LogP contribution in [0.4, 0.5) is 0 Å².